The van der Waals surface area contributed by atoms with Crippen molar-refractivity contribution in [3.05, 3.63) is 58.7 Å². The molecule has 1 aliphatic carbocycles. The highest BCUT2D eigenvalue weighted by Gasteiger charge is 2.37. The maximum absolute atomic E-state index is 13.5. The third-order valence-corrected chi connectivity index (χ3v) is 11.9. The molecular formula is C40H53ClF3N9O2S. The zero-order valence-electron chi connectivity index (χ0n) is 32.1. The molecule has 2 atom stereocenters. The molecule has 3 saturated heterocycles. The van der Waals surface area contributed by atoms with Gasteiger partial charge in [0.2, 0.25) is 17.8 Å². The van der Waals surface area contributed by atoms with E-state index in [9.17, 15) is 22.8 Å². The van der Waals surface area contributed by atoms with Crippen molar-refractivity contribution in [1.82, 2.24) is 20.2 Å². The van der Waals surface area contributed by atoms with Crippen molar-refractivity contribution in [3.63, 3.8) is 0 Å². The Morgan fingerprint density at radius 2 is 1.70 bits per heavy atom. The molecule has 2 aromatic carbocycles. The SMILES string of the molecule is Cc1cc(SN)ccc1Nc1ncc(C(F)(F)F)c(N2CCCC(C)C2)n1.O=C1CCC(Nc2ccc(N3CCN(CC4CCCCC4)CC3)cc2Cl)C(=O)N1. The third-order valence-electron chi connectivity index (χ3n) is 11.1. The van der Waals surface area contributed by atoms with Crippen LogP contribution in [0.4, 0.5) is 42.0 Å². The number of nitrogens with one attached hydrogen (secondary N) is 3. The van der Waals surface area contributed by atoms with E-state index in [-0.39, 0.29) is 23.6 Å². The highest BCUT2D eigenvalue weighted by molar-refractivity contribution is 7.97. The molecule has 0 spiro atoms. The molecule has 0 radical (unpaired) electrons. The molecule has 1 aromatic heterocycles. The van der Waals surface area contributed by atoms with Gasteiger partial charge in [-0.05, 0) is 105 Å². The molecule has 7 rings (SSSR count). The Morgan fingerprint density at radius 1 is 0.946 bits per heavy atom. The first-order chi connectivity index (χ1) is 26.9. The number of piperidine rings is 2. The number of anilines is 5. The van der Waals surface area contributed by atoms with Gasteiger partial charge < -0.3 is 20.4 Å². The molecule has 0 bridgehead atoms. The zero-order valence-corrected chi connectivity index (χ0v) is 33.7. The van der Waals surface area contributed by atoms with Gasteiger partial charge in [0.25, 0.3) is 0 Å². The second kappa shape index (κ2) is 19.1. The highest BCUT2D eigenvalue weighted by Crippen LogP contribution is 2.38. The van der Waals surface area contributed by atoms with Crippen LogP contribution in [0.5, 0.6) is 0 Å². The Labute approximate surface area is 336 Å². The van der Waals surface area contributed by atoms with Gasteiger partial charge >= 0.3 is 6.18 Å². The fourth-order valence-electron chi connectivity index (χ4n) is 7.99. The average molecular weight is 816 g/mol. The molecule has 3 aromatic rings. The fraction of sp³-hybridized carbons (Fsp3) is 0.550. The van der Waals surface area contributed by atoms with Gasteiger partial charge in [-0.15, -0.1) is 0 Å². The van der Waals surface area contributed by atoms with Gasteiger partial charge in [-0.1, -0.05) is 37.8 Å². The fourth-order valence-corrected chi connectivity index (χ4v) is 8.61. The van der Waals surface area contributed by atoms with E-state index >= 15 is 0 Å². The minimum Gasteiger partial charge on any atom is -0.372 e. The van der Waals surface area contributed by atoms with Crippen LogP contribution in [0.1, 0.15) is 75.8 Å². The van der Waals surface area contributed by atoms with Crippen LogP contribution in [-0.4, -0.2) is 78.5 Å². The largest absolute Gasteiger partial charge is 0.421 e. The molecular weight excluding hydrogens is 763 g/mol. The summed E-state index contributed by atoms with van der Waals surface area (Å²) in [5.74, 6) is 0.815. The van der Waals surface area contributed by atoms with Crippen LogP contribution in [-0.2, 0) is 15.8 Å². The molecule has 4 aliphatic rings. The Morgan fingerprint density at radius 3 is 2.36 bits per heavy atom. The molecule has 16 heteroatoms. The van der Waals surface area contributed by atoms with E-state index in [1.165, 1.54) is 38.6 Å². The molecule has 2 amide bonds. The van der Waals surface area contributed by atoms with Gasteiger partial charge in [-0.2, -0.15) is 18.2 Å². The summed E-state index contributed by atoms with van der Waals surface area (Å²) in [6.45, 7) is 10.5. The van der Waals surface area contributed by atoms with Crippen LogP contribution in [0.25, 0.3) is 0 Å². The third kappa shape index (κ3) is 11.2. The molecule has 56 heavy (non-hydrogen) atoms. The van der Waals surface area contributed by atoms with Crippen LogP contribution < -0.4 is 30.9 Å². The maximum Gasteiger partial charge on any atom is 0.421 e. The zero-order chi connectivity index (χ0) is 39.8. The summed E-state index contributed by atoms with van der Waals surface area (Å²) in [5, 5.41) is 14.7. The number of rotatable bonds is 9. The van der Waals surface area contributed by atoms with E-state index in [2.05, 4.69) is 41.8 Å². The van der Waals surface area contributed by atoms with Crippen molar-refractivity contribution in [3.8, 4) is 0 Å². The van der Waals surface area contributed by atoms with Crippen molar-refractivity contribution in [2.75, 3.05) is 66.2 Å². The van der Waals surface area contributed by atoms with Crippen LogP contribution in [0.3, 0.4) is 0 Å². The van der Waals surface area contributed by atoms with Crippen molar-refractivity contribution in [1.29, 1.82) is 0 Å². The number of amides is 2. The number of imide groups is 1. The summed E-state index contributed by atoms with van der Waals surface area (Å²) in [7, 11) is 0. The van der Waals surface area contributed by atoms with E-state index in [0.29, 0.717) is 36.9 Å². The molecule has 4 heterocycles. The first-order valence-corrected chi connectivity index (χ1v) is 20.9. The Kier molecular flexibility index (Phi) is 14.3. The van der Waals surface area contributed by atoms with E-state index in [1.54, 1.807) is 4.90 Å². The molecule has 304 valence electrons. The lowest BCUT2D eigenvalue weighted by atomic mass is 9.89. The van der Waals surface area contributed by atoms with Crippen LogP contribution in [0, 0.1) is 18.8 Å². The lowest BCUT2D eigenvalue weighted by Gasteiger charge is -2.38. The van der Waals surface area contributed by atoms with Crippen molar-refractivity contribution in [2.24, 2.45) is 17.0 Å². The number of hydrogen-bond donors (Lipinski definition) is 4. The molecule has 11 nitrogen and oxygen atoms in total. The van der Waals surface area contributed by atoms with E-state index < -0.39 is 17.8 Å². The summed E-state index contributed by atoms with van der Waals surface area (Å²) in [6.07, 6.45) is 6.10. The summed E-state index contributed by atoms with van der Waals surface area (Å²) in [4.78, 5) is 39.0. The first-order valence-electron chi connectivity index (χ1n) is 19.7. The molecule has 1 saturated carbocycles. The number of aryl methyl sites for hydroxylation is 1. The number of carbonyl (C=O) groups is 2. The molecule has 5 N–H and O–H groups in total. The Bertz CT molecular complexity index is 1820. The number of halogens is 4. The summed E-state index contributed by atoms with van der Waals surface area (Å²) in [5.41, 5.74) is 2.70. The topological polar surface area (TPSA) is 132 Å². The first kappa shape index (κ1) is 41.8. The van der Waals surface area contributed by atoms with E-state index in [0.717, 1.165) is 90.6 Å². The van der Waals surface area contributed by atoms with Crippen LogP contribution in [0.2, 0.25) is 5.02 Å². The Balaban J connectivity index is 0.000000190. The second-order valence-electron chi connectivity index (χ2n) is 15.4. The highest BCUT2D eigenvalue weighted by atomic mass is 35.5. The number of hydrogen-bond acceptors (Lipinski definition) is 11. The Hall–Kier alpha value is -3.79. The number of piperazine rings is 1. The van der Waals surface area contributed by atoms with Gasteiger partial charge in [-0.25, -0.2) is 4.98 Å². The molecule has 4 fully saturated rings. The summed E-state index contributed by atoms with van der Waals surface area (Å²) < 4.78 is 40.4. The van der Waals surface area contributed by atoms with Gasteiger partial charge in [0.05, 0.1) is 10.7 Å². The van der Waals surface area contributed by atoms with Gasteiger partial charge in [0.1, 0.15) is 17.4 Å². The summed E-state index contributed by atoms with van der Waals surface area (Å²) >= 11 is 7.64. The minimum absolute atomic E-state index is 0.0571. The predicted molar refractivity (Wildman–Crippen MR) is 219 cm³/mol. The number of benzene rings is 2. The van der Waals surface area contributed by atoms with Crippen LogP contribution in [0.15, 0.2) is 47.5 Å². The normalized spacial score (nSPS) is 21.3. The van der Waals surface area contributed by atoms with Crippen molar-refractivity contribution < 1.29 is 22.8 Å². The number of nitrogens with zero attached hydrogens (tertiary/aromatic N) is 5. The maximum atomic E-state index is 13.5. The average Bonchev–Trinajstić information content (AvgIpc) is 3.18. The van der Waals surface area contributed by atoms with Crippen molar-refractivity contribution in [2.45, 2.75) is 88.7 Å². The quantitative estimate of drug-likeness (QED) is 0.124. The second-order valence-corrected chi connectivity index (χ2v) is 16.6. The standard InChI is InChI=1S/C22H31ClN4O2.C18H22F3N5S/c23-18-14-17(6-7-19(18)24-20-8-9-21(28)25-22(20)29)27-12-10-26(11-13-27)15-16-4-2-1-3-5-16;1-11-4-3-7-26(10-11)16-14(18(19,20)21)9-23-17(25-16)24-15-6-5-13(27-22)8-12(15)2/h6-7,14,16,20,24H,1-5,8-13,15H2,(H,25,28,29);5-6,8-9,11H,3-4,7,10,22H2,1-2H3,(H,23,24,25). The number of nitrogens with two attached hydrogens (primary N) is 1. The van der Waals surface area contributed by atoms with E-state index in [4.69, 9.17) is 16.7 Å². The summed E-state index contributed by atoms with van der Waals surface area (Å²) in [6, 6.07) is 11.1. The van der Waals surface area contributed by atoms with Crippen molar-refractivity contribution >= 4 is 64.2 Å². The lowest BCUT2D eigenvalue weighted by molar-refractivity contribution is -0.137. The predicted octanol–water partition coefficient (Wildman–Crippen LogP) is 8.01. The van der Waals surface area contributed by atoms with Gasteiger partial charge in [-0.3, -0.25) is 24.9 Å². The minimum atomic E-state index is -4.50. The van der Waals surface area contributed by atoms with Crippen LogP contribution >= 0.6 is 23.5 Å². The molecule has 2 unspecified atom stereocenters. The number of carbonyl (C=O) groups excluding carboxylic acids is 2. The van der Waals surface area contributed by atoms with Gasteiger partial charge in [0, 0.05) is 74.7 Å². The molecule has 3 aliphatic heterocycles. The number of aromatic nitrogens is 2. The monoisotopic (exact) mass is 815 g/mol. The number of alkyl halides is 3. The van der Waals surface area contributed by atoms with Gasteiger partial charge in [0.15, 0.2) is 0 Å². The van der Waals surface area contributed by atoms with E-state index in [1.807, 2.05) is 44.2 Å². The lowest BCUT2D eigenvalue weighted by Crippen LogP contribution is -2.48. The smallest absolute Gasteiger partial charge is 0.372 e.